The highest BCUT2D eigenvalue weighted by molar-refractivity contribution is 7.17. The van der Waals surface area contributed by atoms with Crippen molar-refractivity contribution in [2.75, 3.05) is 5.32 Å². The van der Waals surface area contributed by atoms with Crippen LogP contribution in [0.15, 0.2) is 53.9 Å². The minimum atomic E-state index is 0.776. The molecule has 2 aromatic carbocycles. The van der Waals surface area contributed by atoms with Crippen molar-refractivity contribution in [3.05, 3.63) is 64.5 Å². The number of anilines is 1. The van der Waals surface area contributed by atoms with Crippen LogP contribution in [0.5, 0.6) is 0 Å². The van der Waals surface area contributed by atoms with E-state index in [1.165, 1.54) is 15.6 Å². The molecular weight excluding hydrogens is 262 g/mol. The van der Waals surface area contributed by atoms with Crippen molar-refractivity contribution in [2.24, 2.45) is 0 Å². The van der Waals surface area contributed by atoms with Gasteiger partial charge in [0.05, 0.1) is 0 Å². The summed E-state index contributed by atoms with van der Waals surface area (Å²) < 4.78 is 1.33. The third kappa shape index (κ3) is 2.50. The van der Waals surface area contributed by atoms with Crippen LogP contribution in [0, 0.1) is 0 Å². The highest BCUT2D eigenvalue weighted by atomic mass is 35.5. The molecule has 0 atom stereocenters. The number of nitrogens with one attached hydrogen (secondary N) is 1. The van der Waals surface area contributed by atoms with Crippen LogP contribution in [0.2, 0.25) is 5.02 Å². The summed E-state index contributed by atoms with van der Waals surface area (Å²) in [5.41, 5.74) is 2.38. The van der Waals surface area contributed by atoms with Crippen LogP contribution in [-0.4, -0.2) is 0 Å². The molecule has 18 heavy (non-hydrogen) atoms. The second-order valence-electron chi connectivity index (χ2n) is 4.15. The highest BCUT2D eigenvalue weighted by Crippen LogP contribution is 2.24. The van der Waals surface area contributed by atoms with Gasteiger partial charge in [0.2, 0.25) is 0 Å². The summed E-state index contributed by atoms with van der Waals surface area (Å²) in [6.45, 7) is 0.812. The van der Waals surface area contributed by atoms with Gasteiger partial charge in [-0.3, -0.25) is 0 Å². The lowest BCUT2D eigenvalue weighted by Crippen LogP contribution is -1.98. The Bertz CT molecular complexity index is 658. The standard InChI is InChI=1S/C15H12ClNS/c16-13-3-1-11(2-4-13)10-17-14-5-6-15-12(9-14)7-8-18-15/h1-9,17H,10H2. The fourth-order valence-corrected chi connectivity index (χ4v) is 2.78. The van der Waals surface area contributed by atoms with Crippen molar-refractivity contribution in [1.82, 2.24) is 0 Å². The van der Waals surface area contributed by atoms with E-state index in [0.717, 1.165) is 17.3 Å². The van der Waals surface area contributed by atoms with Gasteiger partial charge in [-0.15, -0.1) is 11.3 Å². The van der Waals surface area contributed by atoms with Gasteiger partial charge in [0, 0.05) is 22.0 Å². The molecule has 0 aliphatic heterocycles. The molecule has 0 fully saturated rings. The smallest absolute Gasteiger partial charge is 0.0406 e. The van der Waals surface area contributed by atoms with Gasteiger partial charge >= 0.3 is 0 Å². The SMILES string of the molecule is Clc1ccc(CNc2ccc3sccc3c2)cc1. The largest absolute Gasteiger partial charge is 0.381 e. The summed E-state index contributed by atoms with van der Waals surface area (Å²) in [6.07, 6.45) is 0. The Morgan fingerprint density at radius 3 is 2.67 bits per heavy atom. The van der Waals surface area contributed by atoms with E-state index in [4.69, 9.17) is 11.6 Å². The van der Waals surface area contributed by atoms with Crippen LogP contribution in [0.4, 0.5) is 5.69 Å². The van der Waals surface area contributed by atoms with Crippen LogP contribution in [0.25, 0.3) is 10.1 Å². The molecule has 0 amide bonds. The van der Waals surface area contributed by atoms with Crippen LogP contribution in [-0.2, 0) is 6.54 Å². The molecular formula is C15H12ClNS. The molecule has 0 aliphatic rings. The van der Waals surface area contributed by atoms with Crippen molar-refractivity contribution in [3.63, 3.8) is 0 Å². The zero-order chi connectivity index (χ0) is 12.4. The first-order chi connectivity index (χ1) is 8.81. The molecule has 3 aromatic rings. The van der Waals surface area contributed by atoms with Crippen molar-refractivity contribution in [2.45, 2.75) is 6.54 Å². The normalized spacial score (nSPS) is 10.7. The quantitative estimate of drug-likeness (QED) is 0.694. The molecule has 1 aromatic heterocycles. The maximum Gasteiger partial charge on any atom is 0.0406 e. The predicted octanol–water partition coefficient (Wildman–Crippen LogP) is 5.17. The lowest BCUT2D eigenvalue weighted by atomic mass is 10.2. The third-order valence-corrected chi connectivity index (χ3v) is 4.01. The van der Waals surface area contributed by atoms with E-state index in [1.54, 1.807) is 11.3 Å². The van der Waals surface area contributed by atoms with E-state index in [2.05, 4.69) is 35.0 Å². The van der Waals surface area contributed by atoms with Gasteiger partial charge in [0.1, 0.15) is 0 Å². The summed E-state index contributed by atoms with van der Waals surface area (Å²) in [5, 5.41) is 7.61. The first kappa shape index (κ1) is 11.6. The molecule has 3 heteroatoms. The van der Waals surface area contributed by atoms with E-state index < -0.39 is 0 Å². The number of benzene rings is 2. The molecule has 1 nitrogen and oxygen atoms in total. The lowest BCUT2D eigenvalue weighted by Gasteiger charge is -2.06. The lowest BCUT2D eigenvalue weighted by molar-refractivity contribution is 1.15. The Hall–Kier alpha value is -1.51. The average molecular weight is 274 g/mol. The molecule has 0 bridgehead atoms. The fraction of sp³-hybridized carbons (Fsp3) is 0.0667. The van der Waals surface area contributed by atoms with Crippen molar-refractivity contribution < 1.29 is 0 Å². The van der Waals surface area contributed by atoms with E-state index in [1.807, 2.05) is 24.3 Å². The second kappa shape index (κ2) is 5.01. The molecule has 1 heterocycles. The van der Waals surface area contributed by atoms with Crippen molar-refractivity contribution >= 4 is 38.7 Å². The fourth-order valence-electron chi connectivity index (χ4n) is 1.88. The number of fused-ring (bicyclic) bond motifs is 1. The summed E-state index contributed by atoms with van der Waals surface area (Å²) in [5.74, 6) is 0. The Morgan fingerprint density at radius 2 is 1.83 bits per heavy atom. The summed E-state index contributed by atoms with van der Waals surface area (Å²) in [4.78, 5) is 0. The Labute approximate surface area is 115 Å². The number of halogens is 1. The Balaban J connectivity index is 1.74. The predicted molar refractivity (Wildman–Crippen MR) is 80.6 cm³/mol. The molecule has 0 radical (unpaired) electrons. The highest BCUT2D eigenvalue weighted by Gasteiger charge is 1.98. The van der Waals surface area contributed by atoms with E-state index in [-0.39, 0.29) is 0 Å². The van der Waals surface area contributed by atoms with Crippen LogP contribution in [0.1, 0.15) is 5.56 Å². The summed E-state index contributed by atoms with van der Waals surface area (Å²) in [6, 6.07) is 16.5. The van der Waals surface area contributed by atoms with Crippen molar-refractivity contribution in [1.29, 1.82) is 0 Å². The minimum Gasteiger partial charge on any atom is -0.381 e. The third-order valence-electron chi connectivity index (χ3n) is 2.86. The van der Waals surface area contributed by atoms with Gasteiger partial charge in [-0.1, -0.05) is 23.7 Å². The zero-order valence-corrected chi connectivity index (χ0v) is 11.3. The maximum atomic E-state index is 5.86. The van der Waals surface area contributed by atoms with Gasteiger partial charge in [0.15, 0.2) is 0 Å². The molecule has 1 N–H and O–H groups in total. The van der Waals surface area contributed by atoms with E-state index in [9.17, 15) is 0 Å². The van der Waals surface area contributed by atoms with Crippen molar-refractivity contribution in [3.8, 4) is 0 Å². The van der Waals surface area contributed by atoms with Gasteiger partial charge in [-0.25, -0.2) is 0 Å². The number of rotatable bonds is 3. The summed E-state index contributed by atoms with van der Waals surface area (Å²) in [7, 11) is 0. The summed E-state index contributed by atoms with van der Waals surface area (Å²) >= 11 is 7.63. The number of hydrogen-bond acceptors (Lipinski definition) is 2. The average Bonchev–Trinajstić information content (AvgIpc) is 2.85. The molecule has 0 unspecified atom stereocenters. The molecule has 0 spiro atoms. The Morgan fingerprint density at radius 1 is 1.00 bits per heavy atom. The number of thiophene rings is 1. The monoisotopic (exact) mass is 273 g/mol. The van der Waals surface area contributed by atoms with E-state index >= 15 is 0 Å². The zero-order valence-electron chi connectivity index (χ0n) is 9.69. The Kier molecular flexibility index (Phi) is 3.22. The molecule has 90 valence electrons. The van der Waals surface area contributed by atoms with Gasteiger partial charge in [0.25, 0.3) is 0 Å². The first-order valence-electron chi connectivity index (χ1n) is 5.77. The second-order valence-corrected chi connectivity index (χ2v) is 5.54. The first-order valence-corrected chi connectivity index (χ1v) is 7.02. The minimum absolute atomic E-state index is 0.776. The van der Waals surface area contributed by atoms with Gasteiger partial charge in [-0.05, 0) is 52.7 Å². The van der Waals surface area contributed by atoms with Crippen LogP contribution >= 0.6 is 22.9 Å². The maximum absolute atomic E-state index is 5.86. The molecule has 0 aliphatic carbocycles. The van der Waals surface area contributed by atoms with Gasteiger partial charge in [-0.2, -0.15) is 0 Å². The molecule has 0 saturated heterocycles. The van der Waals surface area contributed by atoms with Crippen LogP contribution < -0.4 is 5.32 Å². The van der Waals surface area contributed by atoms with Gasteiger partial charge < -0.3 is 5.32 Å². The van der Waals surface area contributed by atoms with E-state index in [0.29, 0.717) is 0 Å². The molecule has 0 saturated carbocycles. The molecule has 3 rings (SSSR count). The van der Waals surface area contributed by atoms with Crippen LogP contribution in [0.3, 0.4) is 0 Å². The topological polar surface area (TPSA) is 12.0 Å². The number of hydrogen-bond donors (Lipinski definition) is 1.